The van der Waals surface area contributed by atoms with Crippen molar-refractivity contribution in [3.05, 3.63) is 52.5 Å². The standard InChI is InChI=1S/C21H26BrNO3/c1-3-4-6-16-8-13-20(19(22)15-16)23-21(24)7-5-14-26-18-11-9-17(25-2)10-12-18/h8-13,15H,3-7,14H2,1-2H3,(H,23,24). The number of nitrogens with one attached hydrogen (secondary N) is 1. The Morgan fingerprint density at radius 2 is 1.81 bits per heavy atom. The fourth-order valence-corrected chi connectivity index (χ4v) is 3.03. The second-order valence-corrected chi connectivity index (χ2v) is 6.95. The van der Waals surface area contributed by atoms with E-state index in [9.17, 15) is 4.79 Å². The largest absolute Gasteiger partial charge is 0.497 e. The number of benzene rings is 2. The zero-order valence-electron chi connectivity index (χ0n) is 15.4. The van der Waals surface area contributed by atoms with Crippen molar-refractivity contribution in [2.75, 3.05) is 19.0 Å². The fraction of sp³-hybridized carbons (Fsp3) is 0.381. The highest BCUT2D eigenvalue weighted by molar-refractivity contribution is 9.10. The minimum absolute atomic E-state index is 0.00895. The van der Waals surface area contributed by atoms with Gasteiger partial charge in [0.05, 0.1) is 19.4 Å². The molecule has 0 aliphatic carbocycles. The summed E-state index contributed by atoms with van der Waals surface area (Å²) < 4.78 is 11.7. The highest BCUT2D eigenvalue weighted by Crippen LogP contribution is 2.25. The summed E-state index contributed by atoms with van der Waals surface area (Å²) in [4.78, 5) is 12.1. The van der Waals surface area contributed by atoms with E-state index in [1.54, 1.807) is 7.11 Å². The van der Waals surface area contributed by atoms with Gasteiger partial charge in [0.1, 0.15) is 11.5 Å². The molecular weight excluding hydrogens is 394 g/mol. The summed E-state index contributed by atoms with van der Waals surface area (Å²) in [6.45, 7) is 2.68. The molecule has 26 heavy (non-hydrogen) atoms. The van der Waals surface area contributed by atoms with Gasteiger partial charge >= 0.3 is 0 Å². The molecular formula is C21H26BrNO3. The van der Waals surface area contributed by atoms with E-state index >= 15 is 0 Å². The maximum Gasteiger partial charge on any atom is 0.224 e. The molecule has 0 aliphatic rings. The lowest BCUT2D eigenvalue weighted by molar-refractivity contribution is -0.116. The molecule has 5 heteroatoms. The van der Waals surface area contributed by atoms with Crippen LogP contribution in [0, 0.1) is 0 Å². The van der Waals surface area contributed by atoms with Gasteiger partial charge in [0, 0.05) is 10.9 Å². The molecule has 0 aliphatic heterocycles. The van der Waals surface area contributed by atoms with Crippen LogP contribution in [0.2, 0.25) is 0 Å². The molecule has 0 spiro atoms. The third-order valence-electron chi connectivity index (χ3n) is 4.00. The molecule has 0 fully saturated rings. The van der Waals surface area contributed by atoms with Crippen molar-refractivity contribution in [3.8, 4) is 11.5 Å². The summed E-state index contributed by atoms with van der Waals surface area (Å²) in [5.41, 5.74) is 2.09. The molecule has 2 rings (SSSR count). The smallest absolute Gasteiger partial charge is 0.224 e. The summed E-state index contributed by atoms with van der Waals surface area (Å²) in [7, 11) is 1.63. The lowest BCUT2D eigenvalue weighted by atomic mass is 10.1. The van der Waals surface area contributed by atoms with E-state index in [2.05, 4.69) is 40.3 Å². The van der Waals surface area contributed by atoms with E-state index in [1.807, 2.05) is 30.3 Å². The lowest BCUT2D eigenvalue weighted by Crippen LogP contribution is -2.13. The Morgan fingerprint density at radius 3 is 2.46 bits per heavy atom. The van der Waals surface area contributed by atoms with Crippen molar-refractivity contribution in [3.63, 3.8) is 0 Å². The van der Waals surface area contributed by atoms with Crippen LogP contribution in [0.3, 0.4) is 0 Å². The molecule has 4 nitrogen and oxygen atoms in total. The van der Waals surface area contributed by atoms with Crippen LogP contribution in [-0.4, -0.2) is 19.6 Å². The molecule has 0 bridgehead atoms. The van der Waals surface area contributed by atoms with Crippen molar-refractivity contribution < 1.29 is 14.3 Å². The molecule has 0 aromatic heterocycles. The van der Waals surface area contributed by atoms with Gasteiger partial charge in [0.15, 0.2) is 0 Å². The topological polar surface area (TPSA) is 47.6 Å². The first kappa shape index (κ1) is 20.3. The Labute approximate surface area is 164 Å². The molecule has 0 saturated heterocycles. The normalized spacial score (nSPS) is 10.4. The summed E-state index contributed by atoms with van der Waals surface area (Å²) >= 11 is 3.54. The molecule has 1 N–H and O–H groups in total. The van der Waals surface area contributed by atoms with Crippen molar-refractivity contribution in [2.24, 2.45) is 0 Å². The number of anilines is 1. The Bertz CT molecular complexity index is 701. The number of rotatable bonds is 10. The summed E-state index contributed by atoms with van der Waals surface area (Å²) in [6, 6.07) is 13.5. The predicted octanol–water partition coefficient (Wildman–Crippen LogP) is 5.60. The molecule has 1 amide bonds. The summed E-state index contributed by atoms with van der Waals surface area (Å²) in [5.74, 6) is 1.56. The van der Waals surface area contributed by atoms with Gasteiger partial charge in [0.25, 0.3) is 0 Å². The molecule has 0 radical (unpaired) electrons. The molecule has 2 aromatic carbocycles. The van der Waals surface area contributed by atoms with Gasteiger partial charge in [-0.05, 0) is 77.2 Å². The van der Waals surface area contributed by atoms with Crippen molar-refractivity contribution in [1.82, 2.24) is 0 Å². The Balaban J connectivity index is 1.72. The van der Waals surface area contributed by atoms with Crippen LogP contribution >= 0.6 is 15.9 Å². The van der Waals surface area contributed by atoms with E-state index in [0.29, 0.717) is 19.4 Å². The summed E-state index contributed by atoms with van der Waals surface area (Å²) in [5, 5.41) is 2.95. The number of methoxy groups -OCH3 is 1. The van der Waals surface area contributed by atoms with Gasteiger partial charge in [-0.25, -0.2) is 0 Å². The number of unbranched alkanes of at least 4 members (excludes halogenated alkanes) is 1. The van der Waals surface area contributed by atoms with Crippen LogP contribution in [0.15, 0.2) is 46.9 Å². The number of carbonyl (C=O) groups is 1. The average Bonchev–Trinajstić information content (AvgIpc) is 2.66. The van der Waals surface area contributed by atoms with Crippen LogP contribution in [0.1, 0.15) is 38.2 Å². The van der Waals surface area contributed by atoms with Gasteiger partial charge in [-0.2, -0.15) is 0 Å². The van der Waals surface area contributed by atoms with Crippen molar-refractivity contribution in [1.29, 1.82) is 0 Å². The monoisotopic (exact) mass is 419 g/mol. The molecule has 2 aromatic rings. The minimum Gasteiger partial charge on any atom is -0.497 e. The highest BCUT2D eigenvalue weighted by Gasteiger charge is 2.07. The maximum atomic E-state index is 12.1. The molecule has 0 unspecified atom stereocenters. The summed E-state index contributed by atoms with van der Waals surface area (Å²) in [6.07, 6.45) is 4.48. The quantitative estimate of drug-likeness (QED) is 0.509. The van der Waals surface area contributed by atoms with Crippen molar-refractivity contribution >= 4 is 27.5 Å². The predicted molar refractivity (Wildman–Crippen MR) is 109 cm³/mol. The Morgan fingerprint density at radius 1 is 1.08 bits per heavy atom. The van der Waals surface area contributed by atoms with E-state index in [4.69, 9.17) is 9.47 Å². The van der Waals surface area contributed by atoms with Crippen molar-refractivity contribution in [2.45, 2.75) is 39.0 Å². The average molecular weight is 420 g/mol. The Hall–Kier alpha value is -2.01. The zero-order chi connectivity index (χ0) is 18.8. The van der Waals surface area contributed by atoms with E-state index in [1.165, 1.54) is 18.4 Å². The van der Waals surface area contributed by atoms with E-state index < -0.39 is 0 Å². The van der Waals surface area contributed by atoms with Crippen LogP contribution in [0.5, 0.6) is 11.5 Å². The van der Waals surface area contributed by atoms with Gasteiger partial charge < -0.3 is 14.8 Å². The van der Waals surface area contributed by atoms with Crippen LogP contribution in [0.25, 0.3) is 0 Å². The first-order chi connectivity index (χ1) is 12.6. The van der Waals surface area contributed by atoms with Gasteiger partial charge in [-0.15, -0.1) is 0 Å². The number of hydrogen-bond donors (Lipinski definition) is 1. The number of ether oxygens (including phenoxy) is 2. The minimum atomic E-state index is -0.00895. The third kappa shape index (κ3) is 6.71. The van der Waals surface area contributed by atoms with Gasteiger partial charge in [-0.3, -0.25) is 4.79 Å². The lowest BCUT2D eigenvalue weighted by Gasteiger charge is -2.10. The maximum absolute atomic E-state index is 12.1. The van der Waals surface area contributed by atoms with Gasteiger partial charge in [0.2, 0.25) is 5.91 Å². The number of amides is 1. The number of carbonyl (C=O) groups excluding carboxylic acids is 1. The van der Waals surface area contributed by atoms with Crippen LogP contribution < -0.4 is 14.8 Å². The highest BCUT2D eigenvalue weighted by atomic mass is 79.9. The fourth-order valence-electron chi connectivity index (χ4n) is 2.50. The number of halogens is 1. The second kappa shape index (κ2) is 10.9. The first-order valence-electron chi connectivity index (χ1n) is 8.97. The molecule has 0 saturated carbocycles. The molecule has 0 atom stereocenters. The molecule has 0 heterocycles. The van der Waals surface area contributed by atoms with E-state index in [0.717, 1.165) is 28.1 Å². The van der Waals surface area contributed by atoms with Crippen LogP contribution in [0.4, 0.5) is 5.69 Å². The van der Waals surface area contributed by atoms with Gasteiger partial charge in [-0.1, -0.05) is 19.4 Å². The SMILES string of the molecule is CCCCc1ccc(NC(=O)CCCOc2ccc(OC)cc2)c(Br)c1. The third-order valence-corrected chi connectivity index (χ3v) is 4.66. The van der Waals surface area contributed by atoms with E-state index in [-0.39, 0.29) is 5.91 Å². The molecule has 140 valence electrons. The van der Waals surface area contributed by atoms with Crippen LogP contribution in [-0.2, 0) is 11.2 Å². The number of aryl methyl sites for hydroxylation is 1. The Kier molecular flexibility index (Phi) is 8.48. The zero-order valence-corrected chi connectivity index (χ0v) is 17.0. The first-order valence-corrected chi connectivity index (χ1v) is 9.76. The number of hydrogen-bond acceptors (Lipinski definition) is 3. The second-order valence-electron chi connectivity index (χ2n) is 6.09.